The molecule has 8 heteroatoms. The zero-order valence-corrected chi connectivity index (χ0v) is 18.9. The van der Waals surface area contributed by atoms with E-state index >= 15 is 0 Å². The predicted molar refractivity (Wildman–Crippen MR) is 130 cm³/mol. The van der Waals surface area contributed by atoms with Gasteiger partial charge >= 0.3 is 0 Å². The molecule has 0 aliphatic carbocycles. The Morgan fingerprint density at radius 1 is 1.19 bits per heavy atom. The lowest BCUT2D eigenvalue weighted by atomic mass is 10.00. The molecule has 0 saturated heterocycles. The van der Waals surface area contributed by atoms with E-state index < -0.39 is 10.6 Å². The normalized spacial score (nSPS) is 20.9. The van der Waals surface area contributed by atoms with Crippen molar-refractivity contribution in [1.29, 1.82) is 0 Å². The summed E-state index contributed by atoms with van der Waals surface area (Å²) in [7, 11) is -2.81. The van der Waals surface area contributed by atoms with Crippen LogP contribution in [0.3, 0.4) is 0 Å². The van der Waals surface area contributed by atoms with E-state index in [2.05, 4.69) is 41.1 Å². The van der Waals surface area contributed by atoms with Crippen LogP contribution in [0.15, 0.2) is 58.4 Å². The number of hydrogen-bond donors (Lipinski definition) is 3. The molecule has 5 rings (SSSR count). The molecule has 2 aliphatic heterocycles. The lowest BCUT2D eigenvalue weighted by Crippen LogP contribution is -2.26. The molecule has 168 valence electrons. The number of aliphatic imine (C=N–C) groups is 1. The SMILES string of the molecule is Cc1ccc2nc(N3CCS(O)(O)c4ccccc4C3)cc(CC[C@@H]3COC(N)=N3)c2c1. The van der Waals surface area contributed by atoms with Crippen molar-refractivity contribution in [1.82, 2.24) is 4.98 Å². The number of nitrogens with two attached hydrogens (primary N) is 1. The second-order valence-corrected chi connectivity index (χ2v) is 10.7. The molecule has 0 amide bonds. The minimum absolute atomic E-state index is 0.0736. The van der Waals surface area contributed by atoms with E-state index in [1.807, 2.05) is 24.3 Å². The van der Waals surface area contributed by atoms with Crippen LogP contribution in [0.2, 0.25) is 0 Å². The fraction of sp³-hybridized carbons (Fsp3) is 0.333. The largest absolute Gasteiger partial charge is 0.463 e. The number of aryl methyl sites for hydroxylation is 2. The fourth-order valence-electron chi connectivity index (χ4n) is 4.45. The van der Waals surface area contributed by atoms with E-state index in [1.54, 1.807) is 0 Å². The number of pyridine rings is 1. The van der Waals surface area contributed by atoms with Gasteiger partial charge in [0.15, 0.2) is 0 Å². The third kappa shape index (κ3) is 4.13. The van der Waals surface area contributed by atoms with Crippen LogP contribution in [-0.4, -0.2) is 45.1 Å². The monoisotopic (exact) mass is 452 g/mol. The highest BCUT2D eigenvalue weighted by Crippen LogP contribution is 2.51. The summed E-state index contributed by atoms with van der Waals surface area (Å²) >= 11 is 0. The molecule has 0 spiro atoms. The van der Waals surface area contributed by atoms with E-state index in [0.29, 0.717) is 30.3 Å². The van der Waals surface area contributed by atoms with Gasteiger partial charge in [-0.2, -0.15) is 10.6 Å². The summed E-state index contributed by atoms with van der Waals surface area (Å²) in [5.41, 5.74) is 9.95. The van der Waals surface area contributed by atoms with Gasteiger partial charge < -0.3 is 15.4 Å². The Labute approximate surface area is 189 Å². The number of hydrogen-bond acceptors (Lipinski definition) is 7. The average molecular weight is 453 g/mol. The minimum Gasteiger partial charge on any atom is -0.463 e. The average Bonchev–Trinajstić information content (AvgIpc) is 3.14. The van der Waals surface area contributed by atoms with Crippen molar-refractivity contribution in [3.63, 3.8) is 0 Å². The van der Waals surface area contributed by atoms with Crippen LogP contribution in [0.4, 0.5) is 5.82 Å². The van der Waals surface area contributed by atoms with E-state index in [4.69, 9.17) is 15.5 Å². The molecule has 2 aliphatic rings. The first-order valence-electron chi connectivity index (χ1n) is 10.8. The topological polar surface area (TPSA) is 104 Å². The van der Waals surface area contributed by atoms with Gasteiger partial charge in [-0.1, -0.05) is 29.8 Å². The molecule has 0 unspecified atom stereocenters. The first-order chi connectivity index (χ1) is 15.4. The lowest BCUT2D eigenvalue weighted by molar-refractivity contribution is 0.308. The van der Waals surface area contributed by atoms with E-state index in [1.165, 1.54) is 11.1 Å². The molecule has 2 aromatic carbocycles. The first kappa shape index (κ1) is 21.1. The molecule has 0 fully saturated rings. The van der Waals surface area contributed by atoms with Crippen molar-refractivity contribution in [2.24, 2.45) is 10.7 Å². The van der Waals surface area contributed by atoms with E-state index in [9.17, 15) is 9.11 Å². The number of anilines is 1. The van der Waals surface area contributed by atoms with Crippen molar-refractivity contribution in [3.8, 4) is 0 Å². The van der Waals surface area contributed by atoms with Gasteiger partial charge in [0.25, 0.3) is 6.02 Å². The Morgan fingerprint density at radius 2 is 2.03 bits per heavy atom. The summed E-state index contributed by atoms with van der Waals surface area (Å²) in [6.45, 7) is 3.73. The Hall–Kier alpha value is -2.81. The minimum atomic E-state index is -2.81. The standard InChI is InChI=1S/C24H28N4O3S/c1-16-6-9-21-20(12-16)17(7-8-19-15-31-24(25)26-19)13-23(27-21)28-10-11-32(29,30)22-5-3-2-4-18(22)14-28/h2-6,9,12-13,19,29-30H,7-8,10-11,14-15H2,1H3,(H2,25,26)/t19-/m1/s1. The van der Waals surface area contributed by atoms with Crippen LogP contribution in [0, 0.1) is 6.92 Å². The number of amidine groups is 1. The first-order valence-corrected chi connectivity index (χ1v) is 12.6. The molecular formula is C24H28N4O3S. The Morgan fingerprint density at radius 3 is 2.84 bits per heavy atom. The van der Waals surface area contributed by atoms with Crippen LogP contribution >= 0.6 is 10.6 Å². The molecule has 0 radical (unpaired) electrons. The molecule has 1 atom stereocenters. The molecule has 7 nitrogen and oxygen atoms in total. The van der Waals surface area contributed by atoms with Gasteiger partial charge in [-0.05, 0) is 55.2 Å². The second-order valence-electron chi connectivity index (χ2n) is 8.53. The highest BCUT2D eigenvalue weighted by molar-refractivity contribution is 8.24. The molecule has 32 heavy (non-hydrogen) atoms. The van der Waals surface area contributed by atoms with Crippen molar-refractivity contribution in [2.75, 3.05) is 23.8 Å². The van der Waals surface area contributed by atoms with Crippen molar-refractivity contribution < 1.29 is 13.8 Å². The van der Waals surface area contributed by atoms with Gasteiger partial charge in [0.1, 0.15) is 12.4 Å². The zero-order chi connectivity index (χ0) is 22.3. The Bertz CT molecular complexity index is 1200. The predicted octanol–water partition coefficient (Wildman–Crippen LogP) is 4.32. The van der Waals surface area contributed by atoms with Gasteiger partial charge in [-0.15, -0.1) is 0 Å². The maximum atomic E-state index is 10.7. The zero-order valence-electron chi connectivity index (χ0n) is 18.1. The quantitative estimate of drug-likeness (QED) is 0.545. The smallest absolute Gasteiger partial charge is 0.282 e. The fourth-order valence-corrected chi connectivity index (χ4v) is 5.99. The van der Waals surface area contributed by atoms with E-state index in [-0.39, 0.29) is 12.1 Å². The van der Waals surface area contributed by atoms with Crippen LogP contribution < -0.4 is 10.6 Å². The molecular weight excluding hydrogens is 424 g/mol. The number of fused-ring (bicyclic) bond motifs is 2. The number of aromatic nitrogens is 1. The van der Waals surface area contributed by atoms with Gasteiger partial charge in [0, 0.05) is 18.5 Å². The summed E-state index contributed by atoms with van der Waals surface area (Å²) in [4.78, 5) is 12.1. The molecule has 0 bridgehead atoms. The number of nitrogens with zero attached hydrogens (tertiary/aromatic N) is 3. The molecule has 3 heterocycles. The van der Waals surface area contributed by atoms with Crippen molar-refractivity contribution >= 4 is 33.3 Å². The molecule has 1 aromatic heterocycles. The molecule has 4 N–H and O–H groups in total. The van der Waals surface area contributed by atoms with Crippen molar-refractivity contribution in [3.05, 3.63) is 65.2 Å². The number of ether oxygens (including phenoxy) is 1. The summed E-state index contributed by atoms with van der Waals surface area (Å²) in [5, 5.41) is 1.14. The summed E-state index contributed by atoms with van der Waals surface area (Å²) in [6, 6.07) is 16.4. The van der Waals surface area contributed by atoms with Crippen LogP contribution in [0.25, 0.3) is 10.9 Å². The maximum absolute atomic E-state index is 10.7. The third-order valence-electron chi connectivity index (χ3n) is 6.17. The Balaban J connectivity index is 1.51. The van der Waals surface area contributed by atoms with Crippen LogP contribution in [0.5, 0.6) is 0 Å². The highest BCUT2D eigenvalue weighted by atomic mass is 32.3. The van der Waals surface area contributed by atoms with E-state index in [0.717, 1.165) is 35.1 Å². The van der Waals surface area contributed by atoms with Crippen molar-refractivity contribution in [2.45, 2.75) is 37.2 Å². The third-order valence-corrected chi connectivity index (χ3v) is 8.03. The molecule has 0 saturated carbocycles. The molecule has 3 aromatic rings. The summed E-state index contributed by atoms with van der Waals surface area (Å²) < 4.78 is 26.7. The summed E-state index contributed by atoms with van der Waals surface area (Å²) in [5.74, 6) is 1.15. The lowest BCUT2D eigenvalue weighted by Gasteiger charge is -2.32. The van der Waals surface area contributed by atoms with Gasteiger partial charge in [0.2, 0.25) is 0 Å². The highest BCUT2D eigenvalue weighted by Gasteiger charge is 2.27. The number of benzene rings is 2. The summed E-state index contributed by atoms with van der Waals surface area (Å²) in [6.07, 6.45) is 1.68. The maximum Gasteiger partial charge on any atom is 0.282 e. The van der Waals surface area contributed by atoms with Gasteiger partial charge in [-0.25, -0.2) is 9.98 Å². The number of rotatable bonds is 4. The van der Waals surface area contributed by atoms with Gasteiger partial charge in [0.05, 0.1) is 22.2 Å². The van der Waals surface area contributed by atoms with Gasteiger partial charge in [-0.3, -0.25) is 9.11 Å². The van der Waals surface area contributed by atoms with Crippen LogP contribution in [-0.2, 0) is 17.7 Å². The van der Waals surface area contributed by atoms with Crippen LogP contribution in [0.1, 0.15) is 23.1 Å². The second kappa shape index (κ2) is 8.27. The Kier molecular flexibility index (Phi) is 5.44.